The molecular formula is C9H8ClN3. The molecule has 1 N–H and O–H groups in total. The summed E-state index contributed by atoms with van der Waals surface area (Å²) in [6, 6.07) is 3.85. The fraction of sp³-hybridized carbons (Fsp3) is 0.111. The molecule has 0 aromatic carbocycles. The summed E-state index contributed by atoms with van der Waals surface area (Å²) in [4.78, 5) is 4.03. The number of aromatic amines is 1. The van der Waals surface area contributed by atoms with Gasteiger partial charge >= 0.3 is 0 Å². The van der Waals surface area contributed by atoms with E-state index in [2.05, 4.69) is 15.2 Å². The Morgan fingerprint density at radius 3 is 3.00 bits per heavy atom. The van der Waals surface area contributed by atoms with Crippen LogP contribution in [0, 0.1) is 0 Å². The van der Waals surface area contributed by atoms with E-state index in [9.17, 15) is 0 Å². The van der Waals surface area contributed by atoms with Crippen LogP contribution in [0.2, 0.25) is 0 Å². The number of hydrogen-bond donors (Lipinski definition) is 1. The van der Waals surface area contributed by atoms with Crippen LogP contribution < -0.4 is 0 Å². The fourth-order valence-electron chi connectivity index (χ4n) is 1.17. The van der Waals surface area contributed by atoms with Crippen molar-refractivity contribution in [2.45, 2.75) is 5.88 Å². The second-order valence-electron chi connectivity index (χ2n) is 2.65. The quantitative estimate of drug-likeness (QED) is 0.743. The van der Waals surface area contributed by atoms with Crippen LogP contribution in [0.3, 0.4) is 0 Å². The van der Waals surface area contributed by atoms with Gasteiger partial charge < -0.3 is 0 Å². The van der Waals surface area contributed by atoms with Crippen LogP contribution in [0.5, 0.6) is 0 Å². The molecule has 66 valence electrons. The molecule has 0 aliphatic heterocycles. The zero-order valence-electron chi connectivity index (χ0n) is 6.87. The minimum absolute atomic E-state index is 0.459. The van der Waals surface area contributed by atoms with Crippen molar-refractivity contribution >= 4 is 11.6 Å². The van der Waals surface area contributed by atoms with E-state index in [1.807, 2.05) is 12.1 Å². The molecule has 0 bridgehead atoms. The van der Waals surface area contributed by atoms with E-state index in [1.54, 1.807) is 18.6 Å². The van der Waals surface area contributed by atoms with Crippen LogP contribution in [0.1, 0.15) is 5.56 Å². The number of aromatic nitrogens is 3. The van der Waals surface area contributed by atoms with E-state index >= 15 is 0 Å². The molecule has 2 heterocycles. The molecule has 0 amide bonds. The first-order valence-electron chi connectivity index (χ1n) is 3.90. The summed E-state index contributed by atoms with van der Waals surface area (Å²) < 4.78 is 0. The molecule has 0 saturated heterocycles. The average molecular weight is 194 g/mol. The van der Waals surface area contributed by atoms with E-state index in [1.165, 1.54) is 0 Å². The molecule has 0 fully saturated rings. The third-order valence-electron chi connectivity index (χ3n) is 1.81. The number of rotatable bonds is 2. The topological polar surface area (TPSA) is 41.6 Å². The fourth-order valence-corrected chi connectivity index (χ4v) is 1.38. The molecule has 13 heavy (non-hydrogen) atoms. The average Bonchev–Trinajstić information content (AvgIpc) is 2.67. The van der Waals surface area contributed by atoms with Crippen molar-refractivity contribution in [2.75, 3.05) is 0 Å². The number of hydrogen-bond acceptors (Lipinski definition) is 2. The third-order valence-corrected chi connectivity index (χ3v) is 2.10. The predicted molar refractivity (Wildman–Crippen MR) is 51.4 cm³/mol. The Balaban J connectivity index is 2.47. The Kier molecular flexibility index (Phi) is 2.27. The van der Waals surface area contributed by atoms with Gasteiger partial charge in [0, 0.05) is 23.5 Å². The summed E-state index contributed by atoms with van der Waals surface area (Å²) in [5, 5.41) is 6.83. The molecular weight excluding hydrogens is 186 g/mol. The summed E-state index contributed by atoms with van der Waals surface area (Å²) >= 11 is 5.74. The first kappa shape index (κ1) is 8.26. The lowest BCUT2D eigenvalue weighted by molar-refractivity contribution is 1.09. The van der Waals surface area contributed by atoms with Crippen LogP contribution in [0.15, 0.2) is 30.7 Å². The maximum Gasteiger partial charge on any atom is 0.0709 e. The van der Waals surface area contributed by atoms with Gasteiger partial charge in [0.2, 0.25) is 0 Å². The van der Waals surface area contributed by atoms with Gasteiger partial charge in [-0.05, 0) is 12.1 Å². The highest BCUT2D eigenvalue weighted by Crippen LogP contribution is 2.20. The molecule has 0 atom stereocenters. The van der Waals surface area contributed by atoms with Crippen molar-refractivity contribution in [3.05, 3.63) is 36.3 Å². The molecule has 0 saturated carbocycles. The molecule has 0 radical (unpaired) electrons. The molecule has 2 rings (SSSR count). The lowest BCUT2D eigenvalue weighted by Crippen LogP contribution is -1.83. The Labute approximate surface area is 80.8 Å². The van der Waals surface area contributed by atoms with Gasteiger partial charge in [0.1, 0.15) is 0 Å². The van der Waals surface area contributed by atoms with Gasteiger partial charge in [-0.15, -0.1) is 11.6 Å². The van der Waals surface area contributed by atoms with E-state index in [-0.39, 0.29) is 0 Å². The van der Waals surface area contributed by atoms with E-state index in [0.29, 0.717) is 5.88 Å². The molecule has 4 heteroatoms. The van der Waals surface area contributed by atoms with Crippen molar-refractivity contribution in [2.24, 2.45) is 0 Å². The third kappa shape index (κ3) is 1.55. The van der Waals surface area contributed by atoms with Crippen molar-refractivity contribution < 1.29 is 0 Å². The Morgan fingerprint density at radius 1 is 1.38 bits per heavy atom. The van der Waals surface area contributed by atoms with Crippen molar-refractivity contribution in [3.8, 4) is 11.3 Å². The molecule has 0 spiro atoms. The predicted octanol–water partition coefficient (Wildman–Crippen LogP) is 2.21. The number of nitrogens with zero attached hydrogens (tertiary/aromatic N) is 2. The Morgan fingerprint density at radius 2 is 2.31 bits per heavy atom. The maximum atomic E-state index is 5.74. The number of alkyl halides is 1. The van der Waals surface area contributed by atoms with Gasteiger partial charge in [-0.2, -0.15) is 5.10 Å². The summed E-state index contributed by atoms with van der Waals surface area (Å²) in [5.74, 6) is 0.459. The van der Waals surface area contributed by atoms with E-state index in [4.69, 9.17) is 11.6 Å². The first-order chi connectivity index (χ1) is 6.42. The lowest BCUT2D eigenvalue weighted by atomic mass is 10.1. The molecule has 3 nitrogen and oxygen atoms in total. The number of halogens is 1. The standard InChI is InChI=1S/C9H8ClN3/c10-4-8-6-12-13-9(8)7-2-1-3-11-5-7/h1-3,5-6H,4H2,(H,12,13). The SMILES string of the molecule is ClCc1cn[nH]c1-c1cccnc1. The first-order valence-corrected chi connectivity index (χ1v) is 4.44. The summed E-state index contributed by atoms with van der Waals surface area (Å²) in [6.45, 7) is 0. The minimum atomic E-state index is 0.459. The largest absolute Gasteiger partial charge is 0.277 e. The highest BCUT2D eigenvalue weighted by molar-refractivity contribution is 6.17. The van der Waals surface area contributed by atoms with Crippen LogP contribution >= 0.6 is 11.6 Å². The van der Waals surface area contributed by atoms with Crippen LogP contribution in [-0.2, 0) is 5.88 Å². The van der Waals surface area contributed by atoms with Gasteiger partial charge in [0.25, 0.3) is 0 Å². The molecule has 0 aliphatic rings. The second kappa shape index (κ2) is 3.58. The summed E-state index contributed by atoms with van der Waals surface area (Å²) in [6.07, 6.45) is 5.25. The van der Waals surface area contributed by atoms with Crippen LogP contribution in [0.25, 0.3) is 11.3 Å². The van der Waals surface area contributed by atoms with Gasteiger partial charge in [0.05, 0.1) is 17.8 Å². The maximum absolute atomic E-state index is 5.74. The van der Waals surface area contributed by atoms with Crippen LogP contribution in [0.4, 0.5) is 0 Å². The number of H-pyrrole nitrogens is 1. The molecule has 0 unspecified atom stereocenters. The highest BCUT2D eigenvalue weighted by atomic mass is 35.5. The monoisotopic (exact) mass is 193 g/mol. The molecule has 2 aromatic heterocycles. The molecule has 2 aromatic rings. The van der Waals surface area contributed by atoms with Crippen molar-refractivity contribution in [1.82, 2.24) is 15.2 Å². The Hall–Kier alpha value is -1.35. The summed E-state index contributed by atoms with van der Waals surface area (Å²) in [7, 11) is 0. The zero-order chi connectivity index (χ0) is 9.10. The molecule has 0 aliphatic carbocycles. The normalized spacial score (nSPS) is 10.2. The van der Waals surface area contributed by atoms with E-state index in [0.717, 1.165) is 16.8 Å². The minimum Gasteiger partial charge on any atom is -0.277 e. The number of nitrogens with one attached hydrogen (secondary N) is 1. The second-order valence-corrected chi connectivity index (χ2v) is 2.91. The van der Waals surface area contributed by atoms with Gasteiger partial charge in [-0.3, -0.25) is 10.1 Å². The van der Waals surface area contributed by atoms with Gasteiger partial charge in [-0.1, -0.05) is 0 Å². The highest BCUT2D eigenvalue weighted by Gasteiger charge is 2.05. The van der Waals surface area contributed by atoms with Crippen molar-refractivity contribution in [3.63, 3.8) is 0 Å². The van der Waals surface area contributed by atoms with Gasteiger partial charge in [0.15, 0.2) is 0 Å². The smallest absolute Gasteiger partial charge is 0.0709 e. The van der Waals surface area contributed by atoms with Crippen LogP contribution in [-0.4, -0.2) is 15.2 Å². The zero-order valence-corrected chi connectivity index (χ0v) is 7.62. The van der Waals surface area contributed by atoms with Crippen molar-refractivity contribution in [1.29, 1.82) is 0 Å². The van der Waals surface area contributed by atoms with E-state index < -0.39 is 0 Å². The van der Waals surface area contributed by atoms with Gasteiger partial charge in [-0.25, -0.2) is 0 Å². The Bertz CT molecular complexity index is 383. The number of pyridine rings is 1. The summed E-state index contributed by atoms with van der Waals surface area (Å²) in [5.41, 5.74) is 2.95. The lowest BCUT2D eigenvalue weighted by Gasteiger charge is -1.98.